The number of hydrogen-bond acceptors (Lipinski definition) is 5. The van der Waals surface area contributed by atoms with Crippen molar-refractivity contribution in [3.63, 3.8) is 0 Å². The van der Waals surface area contributed by atoms with Gasteiger partial charge in [-0.05, 0) is 61.7 Å². The van der Waals surface area contributed by atoms with Gasteiger partial charge in [0.05, 0.1) is 6.21 Å². The third kappa shape index (κ3) is 8.12. The Labute approximate surface area is 204 Å². The zero-order chi connectivity index (χ0) is 25.2. The normalized spacial score (nSPS) is 10.6. The van der Waals surface area contributed by atoms with Crippen LogP contribution in [0.2, 0.25) is 0 Å². The SMILES string of the molecule is Cc1ccc(CNC(=O)C(=O)N/N=C\c2ccccc2OCC(=O)Nc2cc(C)cc(C)c2)cc1. The molecule has 0 spiro atoms. The number of para-hydroxylation sites is 1. The summed E-state index contributed by atoms with van der Waals surface area (Å²) in [6, 6.07) is 20.3. The molecule has 35 heavy (non-hydrogen) atoms. The van der Waals surface area contributed by atoms with Gasteiger partial charge in [0, 0.05) is 17.8 Å². The van der Waals surface area contributed by atoms with Crippen LogP contribution in [0.25, 0.3) is 0 Å². The highest BCUT2D eigenvalue weighted by molar-refractivity contribution is 6.35. The number of ether oxygens (including phenoxy) is 1. The summed E-state index contributed by atoms with van der Waals surface area (Å²) in [6.45, 7) is 5.92. The number of nitrogens with one attached hydrogen (secondary N) is 3. The van der Waals surface area contributed by atoms with Crippen LogP contribution in [0.3, 0.4) is 0 Å². The van der Waals surface area contributed by atoms with Gasteiger partial charge in [0.15, 0.2) is 6.61 Å². The lowest BCUT2D eigenvalue weighted by molar-refractivity contribution is -0.139. The molecule has 3 aromatic carbocycles. The topological polar surface area (TPSA) is 109 Å². The van der Waals surface area contributed by atoms with Gasteiger partial charge in [-0.15, -0.1) is 0 Å². The molecule has 3 rings (SSSR count). The minimum atomic E-state index is -0.889. The van der Waals surface area contributed by atoms with Gasteiger partial charge in [-0.3, -0.25) is 14.4 Å². The number of carbonyl (C=O) groups is 3. The number of hydrazone groups is 1. The summed E-state index contributed by atoms with van der Waals surface area (Å²) < 4.78 is 5.64. The van der Waals surface area contributed by atoms with Gasteiger partial charge in [0.25, 0.3) is 5.91 Å². The molecule has 3 aromatic rings. The van der Waals surface area contributed by atoms with Crippen molar-refractivity contribution >= 4 is 29.6 Å². The number of benzene rings is 3. The molecule has 8 nitrogen and oxygen atoms in total. The van der Waals surface area contributed by atoms with Crippen LogP contribution in [0.15, 0.2) is 71.8 Å². The van der Waals surface area contributed by atoms with Crippen molar-refractivity contribution in [2.75, 3.05) is 11.9 Å². The van der Waals surface area contributed by atoms with E-state index in [-0.39, 0.29) is 19.1 Å². The molecule has 0 saturated heterocycles. The second-order valence-electron chi connectivity index (χ2n) is 8.12. The zero-order valence-electron chi connectivity index (χ0n) is 19.9. The van der Waals surface area contributed by atoms with Crippen LogP contribution in [0.4, 0.5) is 5.69 Å². The van der Waals surface area contributed by atoms with Crippen LogP contribution >= 0.6 is 0 Å². The van der Waals surface area contributed by atoms with Gasteiger partial charge in [0.2, 0.25) is 0 Å². The molecule has 8 heteroatoms. The molecule has 180 valence electrons. The molecule has 0 radical (unpaired) electrons. The lowest BCUT2D eigenvalue weighted by Gasteiger charge is -2.10. The molecule has 3 amide bonds. The first kappa shape index (κ1) is 25.2. The molecule has 0 aliphatic heterocycles. The van der Waals surface area contributed by atoms with Crippen molar-refractivity contribution in [3.05, 3.63) is 94.5 Å². The van der Waals surface area contributed by atoms with Gasteiger partial charge < -0.3 is 15.4 Å². The molecule has 0 unspecified atom stereocenters. The standard InChI is InChI=1S/C27H28N4O4/c1-18-8-10-21(11-9-18)15-28-26(33)27(34)31-29-16-22-6-4-5-7-24(22)35-17-25(32)30-23-13-19(2)12-20(3)14-23/h4-14,16H,15,17H2,1-3H3,(H,28,33)(H,30,32)(H,31,34)/b29-16-. The summed E-state index contributed by atoms with van der Waals surface area (Å²) >= 11 is 0. The monoisotopic (exact) mass is 472 g/mol. The fraction of sp³-hybridized carbons (Fsp3) is 0.185. The van der Waals surface area contributed by atoms with Gasteiger partial charge in [-0.1, -0.05) is 48.0 Å². The van der Waals surface area contributed by atoms with Crippen LogP contribution in [0, 0.1) is 20.8 Å². The summed E-state index contributed by atoms with van der Waals surface area (Å²) in [5.41, 5.74) is 7.52. The van der Waals surface area contributed by atoms with E-state index in [0.717, 1.165) is 22.3 Å². The number of amides is 3. The average Bonchev–Trinajstić information content (AvgIpc) is 2.82. The number of hydrogen-bond donors (Lipinski definition) is 3. The Bertz CT molecular complexity index is 1220. The molecule has 0 aliphatic rings. The number of carbonyl (C=O) groups excluding carboxylic acids is 3. The maximum absolute atomic E-state index is 12.3. The predicted molar refractivity (Wildman–Crippen MR) is 135 cm³/mol. The van der Waals surface area contributed by atoms with Gasteiger partial charge in [-0.2, -0.15) is 5.10 Å². The van der Waals surface area contributed by atoms with Crippen molar-refractivity contribution in [3.8, 4) is 5.75 Å². The van der Waals surface area contributed by atoms with Gasteiger partial charge in [-0.25, -0.2) is 5.43 Å². The number of anilines is 1. The third-order valence-corrected chi connectivity index (χ3v) is 4.93. The van der Waals surface area contributed by atoms with Crippen LogP contribution in [-0.4, -0.2) is 30.5 Å². The summed E-state index contributed by atoms with van der Waals surface area (Å²) in [6.07, 6.45) is 1.35. The summed E-state index contributed by atoms with van der Waals surface area (Å²) in [4.78, 5) is 36.3. The highest BCUT2D eigenvalue weighted by Crippen LogP contribution is 2.17. The highest BCUT2D eigenvalue weighted by Gasteiger charge is 2.12. The van der Waals surface area contributed by atoms with E-state index in [1.54, 1.807) is 24.3 Å². The molecule has 3 N–H and O–H groups in total. The molecular formula is C27H28N4O4. The molecular weight excluding hydrogens is 444 g/mol. The Balaban J connectivity index is 1.50. The van der Waals surface area contributed by atoms with E-state index in [1.165, 1.54) is 6.21 Å². The lowest BCUT2D eigenvalue weighted by Crippen LogP contribution is -2.37. The van der Waals surface area contributed by atoms with Crippen molar-refractivity contribution in [2.24, 2.45) is 5.10 Å². The summed E-state index contributed by atoms with van der Waals surface area (Å²) in [5, 5.41) is 9.19. The van der Waals surface area contributed by atoms with Crippen LogP contribution < -0.4 is 20.8 Å². The molecule has 0 heterocycles. The second kappa shape index (κ2) is 12.1. The minimum Gasteiger partial charge on any atom is -0.483 e. The Morgan fingerprint density at radius 1 is 0.857 bits per heavy atom. The second-order valence-corrected chi connectivity index (χ2v) is 8.12. The maximum Gasteiger partial charge on any atom is 0.329 e. The fourth-order valence-corrected chi connectivity index (χ4v) is 3.29. The quantitative estimate of drug-likeness (QED) is 0.265. The first-order valence-corrected chi connectivity index (χ1v) is 11.1. The Morgan fingerprint density at radius 3 is 2.26 bits per heavy atom. The van der Waals surface area contributed by atoms with Gasteiger partial charge in [0.1, 0.15) is 5.75 Å². The molecule has 0 bridgehead atoms. The number of rotatable bonds is 8. The van der Waals surface area contributed by atoms with E-state index >= 15 is 0 Å². The molecule has 0 saturated carbocycles. The maximum atomic E-state index is 12.3. The zero-order valence-corrected chi connectivity index (χ0v) is 19.9. The predicted octanol–water partition coefficient (Wildman–Crippen LogP) is 3.40. The van der Waals surface area contributed by atoms with E-state index in [1.807, 2.05) is 63.2 Å². The Hall–Kier alpha value is -4.46. The summed E-state index contributed by atoms with van der Waals surface area (Å²) in [7, 11) is 0. The van der Waals surface area contributed by atoms with Gasteiger partial charge >= 0.3 is 11.8 Å². The van der Waals surface area contributed by atoms with E-state index < -0.39 is 11.8 Å². The van der Waals surface area contributed by atoms with Crippen molar-refractivity contribution in [1.29, 1.82) is 0 Å². The van der Waals surface area contributed by atoms with Crippen molar-refractivity contribution in [1.82, 2.24) is 10.7 Å². The van der Waals surface area contributed by atoms with Crippen molar-refractivity contribution < 1.29 is 19.1 Å². The highest BCUT2D eigenvalue weighted by atomic mass is 16.5. The molecule has 0 fully saturated rings. The summed E-state index contributed by atoms with van der Waals surface area (Å²) in [5.74, 6) is -1.58. The Kier molecular flexibility index (Phi) is 8.72. The number of aryl methyl sites for hydroxylation is 3. The van der Waals surface area contributed by atoms with Crippen LogP contribution in [-0.2, 0) is 20.9 Å². The third-order valence-electron chi connectivity index (χ3n) is 4.93. The Morgan fingerprint density at radius 2 is 1.54 bits per heavy atom. The van der Waals surface area contributed by atoms with Crippen LogP contribution in [0.1, 0.15) is 27.8 Å². The first-order valence-electron chi connectivity index (χ1n) is 11.1. The van der Waals surface area contributed by atoms with E-state index in [9.17, 15) is 14.4 Å². The fourth-order valence-electron chi connectivity index (χ4n) is 3.29. The van der Waals surface area contributed by atoms with E-state index in [0.29, 0.717) is 17.0 Å². The van der Waals surface area contributed by atoms with Crippen molar-refractivity contribution in [2.45, 2.75) is 27.3 Å². The molecule has 0 aliphatic carbocycles. The molecule has 0 aromatic heterocycles. The minimum absolute atomic E-state index is 0.203. The van der Waals surface area contributed by atoms with E-state index in [2.05, 4.69) is 21.2 Å². The number of nitrogens with zero attached hydrogens (tertiary/aromatic N) is 1. The lowest BCUT2D eigenvalue weighted by atomic mass is 10.1. The van der Waals surface area contributed by atoms with E-state index in [4.69, 9.17) is 4.74 Å². The smallest absolute Gasteiger partial charge is 0.329 e. The molecule has 0 atom stereocenters. The first-order chi connectivity index (χ1) is 16.8. The average molecular weight is 473 g/mol. The van der Waals surface area contributed by atoms with Crippen LogP contribution in [0.5, 0.6) is 5.75 Å². The largest absolute Gasteiger partial charge is 0.483 e.